The van der Waals surface area contributed by atoms with Crippen molar-refractivity contribution in [2.75, 3.05) is 6.54 Å². The largest absolute Gasteiger partial charge is 0.351 e. The molecular weight excluding hydrogens is 192 g/mol. The maximum atomic E-state index is 12.0. The second-order valence-electron chi connectivity index (χ2n) is 4.00. The summed E-state index contributed by atoms with van der Waals surface area (Å²) in [5.74, 6) is 0.635. The normalized spacial score (nSPS) is 20.2. The van der Waals surface area contributed by atoms with E-state index in [0.717, 1.165) is 0 Å². The van der Waals surface area contributed by atoms with E-state index in [2.05, 4.69) is 25.1 Å². The van der Waals surface area contributed by atoms with Crippen molar-refractivity contribution in [1.29, 1.82) is 0 Å². The highest BCUT2D eigenvalue weighted by atomic mass is 16.5. The van der Waals surface area contributed by atoms with Crippen LogP contribution in [0.1, 0.15) is 24.4 Å². The number of aromatic nitrogens is 1. The number of rotatable bonds is 2. The van der Waals surface area contributed by atoms with Crippen LogP contribution in [0.15, 0.2) is 28.9 Å². The summed E-state index contributed by atoms with van der Waals surface area (Å²) in [4.78, 5) is 13.8. The first kappa shape index (κ1) is 9.96. The molecular formula is C11H14N2O2. The highest BCUT2D eigenvalue weighted by Gasteiger charge is 2.29. The molecule has 0 saturated heterocycles. The quantitative estimate of drug-likeness (QED) is 0.692. The van der Waals surface area contributed by atoms with Crippen LogP contribution in [-0.2, 0) is 0 Å². The molecule has 80 valence electrons. The lowest BCUT2D eigenvalue weighted by Gasteiger charge is -2.26. The van der Waals surface area contributed by atoms with Crippen LogP contribution in [0.3, 0.4) is 0 Å². The molecule has 0 N–H and O–H groups in total. The fraction of sp³-hybridized carbons (Fsp3) is 0.455. The molecule has 0 aliphatic carbocycles. The van der Waals surface area contributed by atoms with Gasteiger partial charge in [-0.15, -0.1) is 0 Å². The van der Waals surface area contributed by atoms with Crippen molar-refractivity contribution < 1.29 is 9.32 Å². The van der Waals surface area contributed by atoms with Crippen LogP contribution in [-0.4, -0.2) is 28.6 Å². The Morgan fingerprint density at radius 1 is 1.67 bits per heavy atom. The minimum absolute atomic E-state index is 0.0869. The highest BCUT2D eigenvalue weighted by molar-refractivity contribution is 5.92. The lowest BCUT2D eigenvalue weighted by Crippen LogP contribution is -2.38. The molecule has 1 aromatic heterocycles. The van der Waals surface area contributed by atoms with E-state index in [4.69, 9.17) is 4.52 Å². The molecule has 4 heteroatoms. The van der Waals surface area contributed by atoms with Crippen LogP contribution in [0.5, 0.6) is 0 Å². The smallest absolute Gasteiger partial charge is 0.293 e. The zero-order chi connectivity index (χ0) is 10.8. The Morgan fingerprint density at radius 3 is 3.07 bits per heavy atom. The Kier molecular flexibility index (Phi) is 2.58. The second kappa shape index (κ2) is 3.88. The van der Waals surface area contributed by atoms with Crippen molar-refractivity contribution in [3.05, 3.63) is 30.2 Å². The lowest BCUT2D eigenvalue weighted by molar-refractivity contribution is 0.0678. The Balaban J connectivity index is 2.15. The van der Waals surface area contributed by atoms with E-state index in [1.54, 1.807) is 11.0 Å². The van der Waals surface area contributed by atoms with Crippen LogP contribution >= 0.6 is 0 Å². The summed E-state index contributed by atoms with van der Waals surface area (Å²) in [6, 6.07) is 1.76. The molecule has 4 nitrogen and oxygen atoms in total. The Hall–Kier alpha value is -1.58. The molecule has 1 aliphatic rings. The third-order valence-electron chi connectivity index (χ3n) is 2.59. The average molecular weight is 206 g/mol. The van der Waals surface area contributed by atoms with Crippen molar-refractivity contribution in [2.24, 2.45) is 5.92 Å². The number of carbonyl (C=O) groups excluding carboxylic acids is 1. The predicted molar refractivity (Wildman–Crippen MR) is 55.3 cm³/mol. The van der Waals surface area contributed by atoms with Crippen molar-refractivity contribution in [3.8, 4) is 0 Å². The molecule has 1 amide bonds. The van der Waals surface area contributed by atoms with Gasteiger partial charge < -0.3 is 9.42 Å². The standard InChI is InChI=1S/C11H14N2O2/c1-8(2)9-4-3-7-13(9)11(14)10-5-6-12-15-10/h3-6,8-9H,7H2,1-2H3. The summed E-state index contributed by atoms with van der Waals surface area (Å²) in [6.07, 6.45) is 5.57. The molecule has 1 aromatic rings. The van der Waals surface area contributed by atoms with Gasteiger partial charge in [0.1, 0.15) is 0 Å². The summed E-state index contributed by atoms with van der Waals surface area (Å²) in [5.41, 5.74) is 0. The molecule has 2 heterocycles. The van der Waals surface area contributed by atoms with Crippen molar-refractivity contribution in [3.63, 3.8) is 0 Å². The van der Waals surface area contributed by atoms with E-state index in [1.165, 1.54) is 6.20 Å². The van der Waals surface area contributed by atoms with Crippen LogP contribution in [0.4, 0.5) is 0 Å². The van der Waals surface area contributed by atoms with Crippen LogP contribution < -0.4 is 0 Å². The summed E-state index contributed by atoms with van der Waals surface area (Å²) < 4.78 is 4.87. The van der Waals surface area contributed by atoms with Crippen LogP contribution in [0.2, 0.25) is 0 Å². The van der Waals surface area contributed by atoms with Gasteiger partial charge >= 0.3 is 0 Å². The highest BCUT2D eigenvalue weighted by Crippen LogP contribution is 2.20. The van der Waals surface area contributed by atoms with Crippen LogP contribution in [0, 0.1) is 5.92 Å². The molecule has 0 bridgehead atoms. The van der Waals surface area contributed by atoms with Gasteiger partial charge in [-0.3, -0.25) is 4.79 Å². The van der Waals surface area contributed by atoms with Crippen LogP contribution in [0.25, 0.3) is 0 Å². The summed E-state index contributed by atoms with van der Waals surface area (Å²) in [7, 11) is 0. The molecule has 0 fully saturated rings. The van der Waals surface area contributed by atoms with Crippen molar-refractivity contribution in [2.45, 2.75) is 19.9 Å². The number of carbonyl (C=O) groups is 1. The maximum Gasteiger partial charge on any atom is 0.293 e. The van der Waals surface area contributed by atoms with E-state index in [9.17, 15) is 4.79 Å². The van der Waals surface area contributed by atoms with E-state index in [0.29, 0.717) is 18.2 Å². The first-order chi connectivity index (χ1) is 7.20. The number of hydrogen-bond donors (Lipinski definition) is 0. The van der Waals surface area contributed by atoms with Gasteiger partial charge in [0.05, 0.1) is 12.2 Å². The third kappa shape index (κ3) is 1.79. The van der Waals surface area contributed by atoms with E-state index in [-0.39, 0.29) is 11.9 Å². The molecule has 1 unspecified atom stereocenters. The first-order valence-corrected chi connectivity index (χ1v) is 5.08. The van der Waals surface area contributed by atoms with E-state index >= 15 is 0 Å². The molecule has 2 rings (SSSR count). The van der Waals surface area contributed by atoms with Gasteiger partial charge in [0.25, 0.3) is 5.91 Å². The molecule has 0 saturated carbocycles. The Morgan fingerprint density at radius 2 is 2.47 bits per heavy atom. The number of nitrogens with zero attached hydrogens (tertiary/aromatic N) is 2. The van der Waals surface area contributed by atoms with E-state index in [1.807, 2.05) is 6.08 Å². The Labute approximate surface area is 88.5 Å². The zero-order valence-corrected chi connectivity index (χ0v) is 8.88. The summed E-state index contributed by atoms with van der Waals surface area (Å²) in [5, 5.41) is 3.54. The van der Waals surface area contributed by atoms with Gasteiger partial charge in [-0.2, -0.15) is 0 Å². The average Bonchev–Trinajstić information content (AvgIpc) is 2.88. The fourth-order valence-corrected chi connectivity index (χ4v) is 1.81. The number of hydrogen-bond acceptors (Lipinski definition) is 3. The maximum absolute atomic E-state index is 12.0. The SMILES string of the molecule is CC(C)C1C=CCN1C(=O)c1ccno1. The monoisotopic (exact) mass is 206 g/mol. The topological polar surface area (TPSA) is 46.3 Å². The lowest BCUT2D eigenvalue weighted by atomic mass is 10.0. The fourth-order valence-electron chi connectivity index (χ4n) is 1.81. The minimum atomic E-state index is -0.0869. The van der Waals surface area contributed by atoms with Crippen molar-refractivity contribution in [1.82, 2.24) is 10.1 Å². The predicted octanol–water partition coefficient (Wildman–Crippen LogP) is 1.71. The molecule has 0 spiro atoms. The summed E-state index contributed by atoms with van der Waals surface area (Å²) in [6.45, 7) is 4.85. The first-order valence-electron chi connectivity index (χ1n) is 5.08. The summed E-state index contributed by atoms with van der Waals surface area (Å²) >= 11 is 0. The van der Waals surface area contributed by atoms with Gasteiger partial charge in [0, 0.05) is 12.6 Å². The second-order valence-corrected chi connectivity index (χ2v) is 4.00. The zero-order valence-electron chi connectivity index (χ0n) is 8.88. The molecule has 0 radical (unpaired) electrons. The van der Waals surface area contributed by atoms with Gasteiger partial charge in [0.15, 0.2) is 0 Å². The minimum Gasteiger partial charge on any atom is -0.351 e. The van der Waals surface area contributed by atoms with Gasteiger partial charge in [-0.1, -0.05) is 31.2 Å². The Bertz CT molecular complexity index is 368. The van der Waals surface area contributed by atoms with Gasteiger partial charge in [-0.05, 0) is 5.92 Å². The molecule has 1 aliphatic heterocycles. The molecule has 15 heavy (non-hydrogen) atoms. The van der Waals surface area contributed by atoms with E-state index < -0.39 is 0 Å². The third-order valence-corrected chi connectivity index (χ3v) is 2.59. The molecule has 0 aromatic carbocycles. The van der Waals surface area contributed by atoms with Gasteiger partial charge in [0.2, 0.25) is 5.76 Å². The molecule has 1 atom stereocenters. The van der Waals surface area contributed by atoms with Crippen molar-refractivity contribution >= 4 is 5.91 Å². The van der Waals surface area contributed by atoms with Gasteiger partial charge in [-0.25, -0.2) is 0 Å². The number of amides is 1.